The molecule has 1 fully saturated rings. The van der Waals surface area contributed by atoms with Crippen LogP contribution in [0, 0.1) is 11.3 Å². The van der Waals surface area contributed by atoms with E-state index in [4.69, 9.17) is 4.74 Å². The Bertz CT molecular complexity index is 675. The SMILES string of the molecule is N#Cc1ccncc1N1CCC(NCCOc2ccccc2)CC1. The number of benzene rings is 1. The Labute approximate surface area is 142 Å². The van der Waals surface area contributed by atoms with Gasteiger partial charge in [-0.2, -0.15) is 5.26 Å². The minimum Gasteiger partial charge on any atom is -0.492 e. The van der Waals surface area contributed by atoms with E-state index >= 15 is 0 Å². The largest absolute Gasteiger partial charge is 0.492 e. The van der Waals surface area contributed by atoms with Gasteiger partial charge in [0.15, 0.2) is 0 Å². The highest BCUT2D eigenvalue weighted by molar-refractivity contribution is 5.57. The maximum absolute atomic E-state index is 9.21. The number of pyridine rings is 1. The van der Waals surface area contributed by atoms with Crippen LogP contribution in [0.3, 0.4) is 0 Å². The van der Waals surface area contributed by atoms with E-state index in [2.05, 4.69) is 21.3 Å². The van der Waals surface area contributed by atoms with Crippen molar-refractivity contribution in [1.82, 2.24) is 10.3 Å². The van der Waals surface area contributed by atoms with Crippen molar-refractivity contribution in [3.05, 3.63) is 54.4 Å². The van der Waals surface area contributed by atoms with E-state index in [1.54, 1.807) is 18.5 Å². The van der Waals surface area contributed by atoms with Crippen LogP contribution in [-0.4, -0.2) is 37.3 Å². The second-order valence-corrected chi connectivity index (χ2v) is 5.88. The fourth-order valence-electron chi connectivity index (χ4n) is 3.01. The second kappa shape index (κ2) is 8.32. The summed E-state index contributed by atoms with van der Waals surface area (Å²) in [4.78, 5) is 6.41. The summed E-state index contributed by atoms with van der Waals surface area (Å²) in [5, 5.41) is 12.8. The van der Waals surface area contributed by atoms with Crippen LogP contribution in [0.4, 0.5) is 5.69 Å². The van der Waals surface area contributed by atoms with E-state index in [1.807, 2.05) is 30.3 Å². The first-order valence-electron chi connectivity index (χ1n) is 8.37. The molecule has 1 aromatic carbocycles. The van der Waals surface area contributed by atoms with E-state index in [0.717, 1.165) is 43.9 Å². The van der Waals surface area contributed by atoms with Crippen molar-refractivity contribution in [3.8, 4) is 11.8 Å². The average molecular weight is 322 g/mol. The maximum atomic E-state index is 9.21. The van der Waals surface area contributed by atoms with Gasteiger partial charge in [0.05, 0.1) is 17.4 Å². The van der Waals surface area contributed by atoms with Crippen molar-refractivity contribution in [2.45, 2.75) is 18.9 Å². The maximum Gasteiger partial charge on any atom is 0.119 e. The number of aromatic nitrogens is 1. The summed E-state index contributed by atoms with van der Waals surface area (Å²) in [6.07, 6.45) is 5.58. The molecular formula is C19H22N4O. The fourth-order valence-corrected chi connectivity index (χ4v) is 3.01. The van der Waals surface area contributed by atoms with Gasteiger partial charge in [0.2, 0.25) is 0 Å². The van der Waals surface area contributed by atoms with E-state index < -0.39 is 0 Å². The van der Waals surface area contributed by atoms with Crippen LogP contribution < -0.4 is 15.0 Å². The summed E-state index contributed by atoms with van der Waals surface area (Å²) < 4.78 is 5.70. The Kier molecular flexibility index (Phi) is 5.65. The van der Waals surface area contributed by atoms with Crippen LogP contribution in [0.5, 0.6) is 5.75 Å². The number of hydrogen-bond acceptors (Lipinski definition) is 5. The first-order valence-corrected chi connectivity index (χ1v) is 8.37. The Morgan fingerprint density at radius 2 is 2.00 bits per heavy atom. The van der Waals surface area contributed by atoms with E-state index in [-0.39, 0.29) is 0 Å². The predicted molar refractivity (Wildman–Crippen MR) is 94.1 cm³/mol. The zero-order valence-electron chi connectivity index (χ0n) is 13.7. The van der Waals surface area contributed by atoms with Crippen molar-refractivity contribution >= 4 is 5.69 Å². The number of anilines is 1. The molecule has 2 aromatic rings. The fraction of sp³-hybridized carbons (Fsp3) is 0.368. The van der Waals surface area contributed by atoms with Crippen LogP contribution in [0.25, 0.3) is 0 Å². The number of rotatable bonds is 6. The number of ether oxygens (including phenoxy) is 1. The quantitative estimate of drug-likeness (QED) is 0.828. The van der Waals surface area contributed by atoms with Gasteiger partial charge in [0.25, 0.3) is 0 Å². The molecule has 0 amide bonds. The number of nitrogens with one attached hydrogen (secondary N) is 1. The molecule has 0 unspecified atom stereocenters. The summed E-state index contributed by atoms with van der Waals surface area (Å²) in [5.41, 5.74) is 1.65. The van der Waals surface area contributed by atoms with Crippen LogP contribution >= 0.6 is 0 Å². The summed E-state index contributed by atoms with van der Waals surface area (Å²) in [6, 6.07) is 14.4. The lowest BCUT2D eigenvalue weighted by Crippen LogP contribution is -2.43. The van der Waals surface area contributed by atoms with Crippen molar-refractivity contribution in [3.63, 3.8) is 0 Å². The Hall–Kier alpha value is -2.58. The van der Waals surface area contributed by atoms with Gasteiger partial charge in [-0.15, -0.1) is 0 Å². The molecule has 1 N–H and O–H groups in total. The van der Waals surface area contributed by atoms with Crippen LogP contribution in [-0.2, 0) is 0 Å². The van der Waals surface area contributed by atoms with Crippen molar-refractivity contribution in [2.75, 3.05) is 31.1 Å². The third kappa shape index (κ3) is 4.24. The number of nitrogens with zero attached hydrogens (tertiary/aromatic N) is 3. The Morgan fingerprint density at radius 1 is 1.21 bits per heavy atom. The summed E-state index contributed by atoms with van der Waals surface area (Å²) >= 11 is 0. The number of nitriles is 1. The molecule has 2 heterocycles. The second-order valence-electron chi connectivity index (χ2n) is 5.88. The zero-order valence-corrected chi connectivity index (χ0v) is 13.7. The van der Waals surface area contributed by atoms with Crippen molar-refractivity contribution in [2.24, 2.45) is 0 Å². The third-order valence-electron chi connectivity index (χ3n) is 4.30. The third-order valence-corrected chi connectivity index (χ3v) is 4.30. The molecule has 5 nitrogen and oxygen atoms in total. The van der Waals surface area contributed by atoms with E-state index in [9.17, 15) is 5.26 Å². The smallest absolute Gasteiger partial charge is 0.119 e. The van der Waals surface area contributed by atoms with Gasteiger partial charge < -0.3 is 15.0 Å². The van der Waals surface area contributed by atoms with Gasteiger partial charge in [-0.1, -0.05) is 18.2 Å². The van der Waals surface area contributed by atoms with Crippen LogP contribution in [0.1, 0.15) is 18.4 Å². The standard InChI is InChI=1S/C19H22N4O/c20-14-16-6-9-21-15-19(16)23-11-7-17(8-12-23)22-10-13-24-18-4-2-1-3-5-18/h1-6,9,15,17,22H,7-8,10-13H2. The first-order chi connectivity index (χ1) is 11.9. The molecule has 1 aliphatic rings. The molecule has 0 saturated carbocycles. The highest BCUT2D eigenvalue weighted by atomic mass is 16.5. The van der Waals surface area contributed by atoms with Gasteiger partial charge in [-0.05, 0) is 31.0 Å². The lowest BCUT2D eigenvalue weighted by atomic mass is 10.0. The molecule has 1 aromatic heterocycles. The van der Waals surface area contributed by atoms with Gasteiger partial charge in [0, 0.05) is 31.9 Å². The Balaban J connectivity index is 1.40. The molecule has 0 bridgehead atoms. The lowest BCUT2D eigenvalue weighted by molar-refractivity contribution is 0.296. The van der Waals surface area contributed by atoms with Crippen LogP contribution in [0.2, 0.25) is 0 Å². The molecule has 1 saturated heterocycles. The van der Waals surface area contributed by atoms with Crippen molar-refractivity contribution < 1.29 is 4.74 Å². The molecule has 24 heavy (non-hydrogen) atoms. The highest BCUT2D eigenvalue weighted by Gasteiger charge is 2.20. The van der Waals surface area contributed by atoms with E-state index in [1.165, 1.54) is 0 Å². The molecule has 124 valence electrons. The molecule has 5 heteroatoms. The Morgan fingerprint density at radius 3 is 2.75 bits per heavy atom. The van der Waals surface area contributed by atoms with Gasteiger partial charge >= 0.3 is 0 Å². The molecule has 0 aliphatic carbocycles. The predicted octanol–water partition coefficient (Wildman–Crippen LogP) is 2.59. The van der Waals surface area contributed by atoms with Gasteiger partial charge in [-0.3, -0.25) is 4.98 Å². The topological polar surface area (TPSA) is 61.2 Å². The monoisotopic (exact) mass is 322 g/mol. The first kappa shape index (κ1) is 16.3. The normalized spacial score (nSPS) is 15.0. The highest BCUT2D eigenvalue weighted by Crippen LogP contribution is 2.22. The van der Waals surface area contributed by atoms with Gasteiger partial charge in [0.1, 0.15) is 18.4 Å². The molecule has 0 atom stereocenters. The number of hydrogen-bond donors (Lipinski definition) is 1. The average Bonchev–Trinajstić information content (AvgIpc) is 2.66. The zero-order chi connectivity index (χ0) is 16.6. The van der Waals surface area contributed by atoms with E-state index in [0.29, 0.717) is 18.2 Å². The summed E-state index contributed by atoms with van der Waals surface area (Å²) in [5.74, 6) is 0.912. The number of para-hydroxylation sites is 1. The minimum atomic E-state index is 0.503. The van der Waals surface area contributed by atoms with Gasteiger partial charge in [-0.25, -0.2) is 0 Å². The summed E-state index contributed by atoms with van der Waals surface area (Å²) in [6.45, 7) is 3.40. The number of piperidine rings is 1. The van der Waals surface area contributed by atoms with Crippen molar-refractivity contribution in [1.29, 1.82) is 5.26 Å². The molecule has 0 spiro atoms. The summed E-state index contributed by atoms with van der Waals surface area (Å²) in [7, 11) is 0. The molecule has 0 radical (unpaired) electrons. The molecular weight excluding hydrogens is 300 g/mol. The minimum absolute atomic E-state index is 0.503. The van der Waals surface area contributed by atoms with Crippen LogP contribution in [0.15, 0.2) is 48.8 Å². The molecule has 3 rings (SSSR count). The molecule has 1 aliphatic heterocycles. The lowest BCUT2D eigenvalue weighted by Gasteiger charge is -2.34.